The maximum atomic E-state index is 9.46. The summed E-state index contributed by atoms with van der Waals surface area (Å²) in [5, 5.41) is 18.9. The summed E-state index contributed by atoms with van der Waals surface area (Å²) >= 11 is 0. The molecule has 1 heterocycles. The van der Waals surface area contributed by atoms with E-state index in [2.05, 4.69) is 0 Å². The van der Waals surface area contributed by atoms with Crippen molar-refractivity contribution >= 4 is 12.6 Å². The highest BCUT2D eigenvalue weighted by atomic mass is 16.4. The molecule has 0 saturated carbocycles. The van der Waals surface area contributed by atoms with Gasteiger partial charge in [0.05, 0.1) is 0 Å². The molecule has 0 amide bonds. The fraction of sp³-hybridized carbons (Fsp3) is 0. The van der Waals surface area contributed by atoms with Crippen molar-refractivity contribution in [1.82, 2.24) is 15.0 Å². The van der Waals surface area contributed by atoms with Crippen LogP contribution in [0.2, 0.25) is 0 Å². The first-order valence-electron chi connectivity index (χ1n) is 10.6. The molecule has 0 aliphatic heterocycles. The maximum Gasteiger partial charge on any atom is 0.488 e. The van der Waals surface area contributed by atoms with Crippen molar-refractivity contribution in [3.8, 4) is 45.3 Å². The Balaban J connectivity index is 1.56. The second kappa shape index (κ2) is 9.16. The van der Waals surface area contributed by atoms with Gasteiger partial charge in [0.2, 0.25) is 0 Å². The van der Waals surface area contributed by atoms with Crippen molar-refractivity contribution in [2.75, 3.05) is 0 Å². The van der Waals surface area contributed by atoms with E-state index < -0.39 is 7.12 Å². The van der Waals surface area contributed by atoms with Gasteiger partial charge in [0.1, 0.15) is 0 Å². The van der Waals surface area contributed by atoms with Crippen LogP contribution in [0.25, 0.3) is 45.3 Å². The molecule has 0 spiro atoms. The van der Waals surface area contributed by atoms with Gasteiger partial charge >= 0.3 is 7.12 Å². The van der Waals surface area contributed by atoms with E-state index in [1.54, 1.807) is 12.1 Å². The molecule has 2 N–H and O–H groups in total. The first-order chi connectivity index (χ1) is 16.2. The zero-order chi connectivity index (χ0) is 22.6. The van der Waals surface area contributed by atoms with Gasteiger partial charge in [-0.25, -0.2) is 15.0 Å². The van der Waals surface area contributed by atoms with Crippen molar-refractivity contribution in [3.05, 3.63) is 109 Å². The Morgan fingerprint density at radius 3 is 1.33 bits per heavy atom. The van der Waals surface area contributed by atoms with Crippen LogP contribution in [0.15, 0.2) is 109 Å². The molecule has 158 valence electrons. The minimum absolute atomic E-state index is 0.453. The summed E-state index contributed by atoms with van der Waals surface area (Å²) in [7, 11) is -1.50. The van der Waals surface area contributed by atoms with Crippen LogP contribution in [0.4, 0.5) is 0 Å². The molecule has 5 rings (SSSR count). The molecule has 6 heteroatoms. The molecule has 4 aromatic carbocycles. The van der Waals surface area contributed by atoms with Crippen LogP contribution < -0.4 is 5.46 Å². The summed E-state index contributed by atoms with van der Waals surface area (Å²) in [4.78, 5) is 14.2. The highest BCUT2D eigenvalue weighted by molar-refractivity contribution is 6.58. The van der Waals surface area contributed by atoms with Gasteiger partial charge in [-0.15, -0.1) is 0 Å². The lowest BCUT2D eigenvalue weighted by atomic mass is 9.79. The van der Waals surface area contributed by atoms with Crippen LogP contribution in [-0.2, 0) is 0 Å². The Hall–Kier alpha value is -4.13. The van der Waals surface area contributed by atoms with Crippen LogP contribution in [-0.4, -0.2) is 32.1 Å². The number of rotatable bonds is 5. The van der Waals surface area contributed by atoms with Gasteiger partial charge in [-0.05, 0) is 16.6 Å². The zero-order valence-electron chi connectivity index (χ0n) is 17.7. The molecular weight excluding hydrogens is 409 g/mol. The molecule has 1 aromatic heterocycles. The third-order valence-corrected chi connectivity index (χ3v) is 5.36. The molecule has 0 unspecified atom stereocenters. The van der Waals surface area contributed by atoms with Gasteiger partial charge < -0.3 is 10.0 Å². The van der Waals surface area contributed by atoms with Crippen molar-refractivity contribution in [2.45, 2.75) is 0 Å². The monoisotopic (exact) mass is 429 g/mol. The third-order valence-electron chi connectivity index (χ3n) is 5.36. The van der Waals surface area contributed by atoms with Crippen molar-refractivity contribution in [2.24, 2.45) is 0 Å². The van der Waals surface area contributed by atoms with E-state index in [-0.39, 0.29) is 0 Å². The smallest absolute Gasteiger partial charge is 0.423 e. The van der Waals surface area contributed by atoms with Crippen LogP contribution in [0.1, 0.15) is 0 Å². The number of aromatic nitrogens is 3. The standard InChI is InChI=1S/C27H20BN3O2/c32-28(33)24-13-7-12-23(18-24)19-14-16-22(17-15-19)27-30-25(20-8-3-1-4-9-20)29-26(31-27)21-10-5-2-6-11-21/h1-18,32-33H. The number of benzene rings is 4. The van der Waals surface area contributed by atoms with E-state index >= 15 is 0 Å². The molecule has 0 aliphatic carbocycles. The SMILES string of the molecule is OB(O)c1cccc(-c2ccc(-c3nc(-c4ccccc4)nc(-c4ccccc4)n3)cc2)c1. The van der Waals surface area contributed by atoms with Crippen molar-refractivity contribution in [3.63, 3.8) is 0 Å². The Labute approximate surface area is 192 Å². The predicted molar refractivity (Wildman–Crippen MR) is 131 cm³/mol. The summed E-state index contributed by atoms with van der Waals surface area (Å²) in [6.45, 7) is 0. The van der Waals surface area contributed by atoms with Crippen molar-refractivity contribution in [1.29, 1.82) is 0 Å². The van der Waals surface area contributed by atoms with E-state index in [0.717, 1.165) is 27.8 Å². The Kier molecular flexibility index (Phi) is 5.76. The second-order valence-corrected chi connectivity index (χ2v) is 7.61. The highest BCUT2D eigenvalue weighted by Crippen LogP contribution is 2.26. The Bertz CT molecular complexity index is 1320. The predicted octanol–water partition coefficient (Wildman–Crippen LogP) is 4.22. The van der Waals surface area contributed by atoms with Crippen LogP contribution >= 0.6 is 0 Å². The minimum atomic E-state index is -1.50. The normalized spacial score (nSPS) is 10.7. The molecule has 33 heavy (non-hydrogen) atoms. The molecule has 5 nitrogen and oxygen atoms in total. The summed E-state index contributed by atoms with van der Waals surface area (Å²) in [5.41, 5.74) is 5.03. The molecular formula is C27H20BN3O2. The average Bonchev–Trinajstić information content (AvgIpc) is 2.89. The van der Waals surface area contributed by atoms with Gasteiger partial charge in [-0.1, -0.05) is 109 Å². The molecule has 5 aromatic rings. The second-order valence-electron chi connectivity index (χ2n) is 7.61. The van der Waals surface area contributed by atoms with Gasteiger partial charge in [-0.3, -0.25) is 0 Å². The molecule has 0 bridgehead atoms. The largest absolute Gasteiger partial charge is 0.488 e. The molecule has 0 radical (unpaired) electrons. The fourth-order valence-corrected chi connectivity index (χ4v) is 3.63. The third kappa shape index (κ3) is 4.57. The fourth-order valence-electron chi connectivity index (χ4n) is 3.63. The van der Waals surface area contributed by atoms with E-state index in [1.807, 2.05) is 97.1 Å². The quantitative estimate of drug-likeness (QED) is 0.409. The summed E-state index contributed by atoms with van der Waals surface area (Å²) in [6.07, 6.45) is 0. The Morgan fingerprint density at radius 2 is 0.848 bits per heavy atom. The van der Waals surface area contributed by atoms with Gasteiger partial charge in [-0.2, -0.15) is 0 Å². The summed E-state index contributed by atoms with van der Waals surface area (Å²) in [5.74, 6) is 1.83. The van der Waals surface area contributed by atoms with Gasteiger partial charge in [0, 0.05) is 16.7 Å². The van der Waals surface area contributed by atoms with E-state index in [1.165, 1.54) is 0 Å². The number of hydrogen-bond acceptors (Lipinski definition) is 5. The maximum absolute atomic E-state index is 9.46. The lowest BCUT2D eigenvalue weighted by molar-refractivity contribution is 0.426. The topological polar surface area (TPSA) is 79.1 Å². The number of hydrogen-bond donors (Lipinski definition) is 2. The van der Waals surface area contributed by atoms with Gasteiger partial charge in [0.25, 0.3) is 0 Å². The zero-order valence-corrected chi connectivity index (χ0v) is 17.7. The summed E-state index contributed by atoms with van der Waals surface area (Å²) in [6, 6.07) is 34.8. The average molecular weight is 429 g/mol. The molecule has 0 aliphatic rings. The van der Waals surface area contributed by atoms with Crippen LogP contribution in [0.3, 0.4) is 0 Å². The first kappa shape index (κ1) is 20.8. The minimum Gasteiger partial charge on any atom is -0.423 e. The first-order valence-corrected chi connectivity index (χ1v) is 10.6. The van der Waals surface area contributed by atoms with Gasteiger partial charge in [0.15, 0.2) is 17.5 Å². The lowest BCUT2D eigenvalue weighted by Crippen LogP contribution is -2.29. The number of nitrogens with zero attached hydrogens (tertiary/aromatic N) is 3. The van der Waals surface area contributed by atoms with Crippen LogP contribution in [0.5, 0.6) is 0 Å². The lowest BCUT2D eigenvalue weighted by Gasteiger charge is -2.09. The van der Waals surface area contributed by atoms with E-state index in [4.69, 9.17) is 15.0 Å². The highest BCUT2D eigenvalue weighted by Gasteiger charge is 2.13. The molecule has 0 saturated heterocycles. The van der Waals surface area contributed by atoms with E-state index in [9.17, 15) is 10.0 Å². The molecule has 0 fully saturated rings. The van der Waals surface area contributed by atoms with E-state index in [0.29, 0.717) is 22.9 Å². The summed E-state index contributed by atoms with van der Waals surface area (Å²) < 4.78 is 0. The Morgan fingerprint density at radius 1 is 0.424 bits per heavy atom. The van der Waals surface area contributed by atoms with Crippen LogP contribution in [0, 0.1) is 0 Å². The molecule has 0 atom stereocenters. The van der Waals surface area contributed by atoms with Crippen molar-refractivity contribution < 1.29 is 10.0 Å².